The first-order chi connectivity index (χ1) is 8.25. The van der Waals surface area contributed by atoms with Gasteiger partial charge in [-0.25, -0.2) is 0 Å². The van der Waals surface area contributed by atoms with Crippen molar-refractivity contribution < 1.29 is 9.79 Å². The molecule has 17 heavy (non-hydrogen) atoms. The van der Waals surface area contributed by atoms with Gasteiger partial charge in [0.25, 0.3) is 0 Å². The maximum absolute atomic E-state index is 9.12. The van der Waals surface area contributed by atoms with Crippen LogP contribution in [-0.4, -0.2) is 9.79 Å². The Hall–Kier alpha value is -1.21. The Labute approximate surface area is 102 Å². The molecule has 2 rings (SSSR count). The zero-order valence-corrected chi connectivity index (χ0v) is 10.3. The van der Waals surface area contributed by atoms with E-state index in [1.807, 2.05) is 42.5 Å². The molecular formula is C14H15O2P. The zero-order chi connectivity index (χ0) is 12.1. The van der Waals surface area contributed by atoms with Crippen molar-refractivity contribution >= 4 is 8.38 Å². The molecule has 0 amide bonds. The normalized spacial score (nSPS) is 10.8. The lowest BCUT2D eigenvalue weighted by molar-refractivity contribution is 0.481. The first-order valence-corrected chi connectivity index (χ1v) is 6.95. The number of hydrogen-bond acceptors (Lipinski definition) is 2. The average molecular weight is 246 g/mol. The van der Waals surface area contributed by atoms with E-state index >= 15 is 0 Å². The predicted octanol–water partition coefficient (Wildman–Crippen LogP) is 3.07. The fourth-order valence-corrected chi connectivity index (χ4v) is 2.47. The van der Waals surface area contributed by atoms with E-state index in [1.165, 1.54) is 5.56 Å². The van der Waals surface area contributed by atoms with Crippen LogP contribution >= 0.6 is 8.38 Å². The Morgan fingerprint density at radius 3 is 2.00 bits per heavy atom. The van der Waals surface area contributed by atoms with E-state index in [1.54, 1.807) is 0 Å². The third-order valence-corrected chi connectivity index (χ3v) is 3.29. The van der Waals surface area contributed by atoms with E-state index in [2.05, 4.69) is 12.1 Å². The summed E-state index contributed by atoms with van der Waals surface area (Å²) in [7, 11) is -1.87. The van der Waals surface area contributed by atoms with E-state index in [0.717, 1.165) is 17.5 Å². The van der Waals surface area contributed by atoms with Crippen molar-refractivity contribution in [3.63, 3.8) is 0 Å². The summed E-state index contributed by atoms with van der Waals surface area (Å²) >= 11 is 0. The molecular weight excluding hydrogens is 231 g/mol. The minimum atomic E-state index is -1.87. The van der Waals surface area contributed by atoms with Crippen LogP contribution in [0.1, 0.15) is 16.7 Å². The average Bonchev–Trinajstić information content (AvgIpc) is 2.32. The fraction of sp³-hybridized carbons (Fsp3) is 0.143. The molecule has 0 saturated heterocycles. The smallest absolute Gasteiger partial charge is 0.169 e. The Bertz CT molecular complexity index is 469. The summed E-state index contributed by atoms with van der Waals surface area (Å²) in [5.74, 6) is 0. The lowest BCUT2D eigenvalue weighted by Crippen LogP contribution is -1.95. The van der Waals surface area contributed by atoms with Crippen molar-refractivity contribution in [3.8, 4) is 0 Å². The topological polar surface area (TPSA) is 40.5 Å². The largest absolute Gasteiger partial charge is 0.350 e. The summed E-state index contributed by atoms with van der Waals surface area (Å²) in [6.07, 6.45) is 1.18. The van der Waals surface area contributed by atoms with Crippen molar-refractivity contribution in [2.75, 3.05) is 0 Å². The van der Waals surface area contributed by atoms with Gasteiger partial charge in [0.15, 0.2) is 8.38 Å². The van der Waals surface area contributed by atoms with Gasteiger partial charge in [0, 0.05) is 6.16 Å². The van der Waals surface area contributed by atoms with Crippen LogP contribution in [0.2, 0.25) is 0 Å². The molecule has 0 aromatic heterocycles. The van der Waals surface area contributed by atoms with Crippen LogP contribution < -0.4 is 0 Å². The highest BCUT2D eigenvalue weighted by molar-refractivity contribution is 7.44. The van der Waals surface area contributed by atoms with Gasteiger partial charge in [-0.05, 0) is 23.1 Å². The van der Waals surface area contributed by atoms with E-state index < -0.39 is 8.38 Å². The summed E-state index contributed by atoms with van der Waals surface area (Å²) in [6, 6.07) is 18.1. The van der Waals surface area contributed by atoms with Crippen LogP contribution in [0, 0.1) is 0 Å². The molecule has 0 aliphatic carbocycles. The van der Waals surface area contributed by atoms with E-state index in [4.69, 9.17) is 9.79 Å². The van der Waals surface area contributed by atoms with Gasteiger partial charge in [-0.15, -0.1) is 0 Å². The Balaban J connectivity index is 2.20. The second-order valence-corrected chi connectivity index (χ2v) is 5.02. The highest BCUT2D eigenvalue weighted by Crippen LogP contribution is 2.31. The molecule has 0 aliphatic rings. The molecule has 0 unspecified atom stereocenters. The summed E-state index contributed by atoms with van der Waals surface area (Å²) < 4.78 is 0. The van der Waals surface area contributed by atoms with Gasteiger partial charge < -0.3 is 9.79 Å². The van der Waals surface area contributed by atoms with Crippen LogP contribution in [0.25, 0.3) is 0 Å². The zero-order valence-electron chi connectivity index (χ0n) is 9.45. The molecule has 2 N–H and O–H groups in total. The molecule has 0 radical (unpaired) electrons. The van der Waals surface area contributed by atoms with Gasteiger partial charge in [-0.1, -0.05) is 54.6 Å². The Kier molecular flexibility index (Phi) is 4.27. The van der Waals surface area contributed by atoms with Crippen molar-refractivity contribution in [2.45, 2.75) is 12.6 Å². The first-order valence-electron chi connectivity index (χ1n) is 5.51. The summed E-state index contributed by atoms with van der Waals surface area (Å²) in [5.41, 5.74) is 3.42. The van der Waals surface area contributed by atoms with E-state index in [0.29, 0.717) is 6.16 Å². The van der Waals surface area contributed by atoms with E-state index in [-0.39, 0.29) is 0 Å². The third kappa shape index (κ3) is 3.64. The molecule has 2 aromatic carbocycles. The maximum atomic E-state index is 9.12. The Morgan fingerprint density at radius 1 is 0.765 bits per heavy atom. The van der Waals surface area contributed by atoms with E-state index in [9.17, 15) is 0 Å². The van der Waals surface area contributed by atoms with Crippen molar-refractivity contribution in [2.24, 2.45) is 0 Å². The van der Waals surface area contributed by atoms with Crippen LogP contribution in [0.4, 0.5) is 0 Å². The van der Waals surface area contributed by atoms with Crippen LogP contribution in [0.5, 0.6) is 0 Å². The monoisotopic (exact) mass is 246 g/mol. The van der Waals surface area contributed by atoms with Crippen molar-refractivity contribution in [3.05, 3.63) is 71.3 Å². The molecule has 0 saturated carbocycles. The highest BCUT2D eigenvalue weighted by atomic mass is 31.2. The SMILES string of the molecule is OP(O)Cc1ccccc1Cc1ccccc1. The summed E-state index contributed by atoms with van der Waals surface area (Å²) in [6.45, 7) is 0. The van der Waals surface area contributed by atoms with Gasteiger partial charge in [-0.3, -0.25) is 0 Å². The summed E-state index contributed by atoms with van der Waals surface area (Å²) in [5, 5.41) is 0. The van der Waals surface area contributed by atoms with Crippen LogP contribution in [-0.2, 0) is 12.6 Å². The molecule has 0 bridgehead atoms. The number of benzene rings is 2. The highest BCUT2D eigenvalue weighted by Gasteiger charge is 2.07. The fourth-order valence-electron chi connectivity index (χ4n) is 1.85. The van der Waals surface area contributed by atoms with Gasteiger partial charge in [0.2, 0.25) is 0 Å². The molecule has 2 aromatic rings. The van der Waals surface area contributed by atoms with Gasteiger partial charge >= 0.3 is 0 Å². The van der Waals surface area contributed by atoms with Crippen molar-refractivity contribution in [1.82, 2.24) is 0 Å². The molecule has 0 heterocycles. The van der Waals surface area contributed by atoms with Gasteiger partial charge in [0.1, 0.15) is 0 Å². The second kappa shape index (κ2) is 5.92. The Morgan fingerprint density at radius 2 is 1.35 bits per heavy atom. The van der Waals surface area contributed by atoms with Crippen LogP contribution in [0.15, 0.2) is 54.6 Å². The minimum absolute atomic E-state index is 0.346. The maximum Gasteiger partial charge on any atom is 0.169 e. The molecule has 88 valence electrons. The number of rotatable bonds is 4. The molecule has 0 atom stereocenters. The van der Waals surface area contributed by atoms with Gasteiger partial charge in [0.05, 0.1) is 0 Å². The lowest BCUT2D eigenvalue weighted by atomic mass is 10.0. The second-order valence-electron chi connectivity index (χ2n) is 3.96. The quantitative estimate of drug-likeness (QED) is 0.814. The first kappa shape index (κ1) is 12.3. The predicted molar refractivity (Wildman–Crippen MR) is 70.8 cm³/mol. The lowest BCUT2D eigenvalue weighted by Gasteiger charge is -2.10. The standard InChI is InChI=1S/C14H15O2P/c15-17(16)11-14-9-5-4-8-13(14)10-12-6-2-1-3-7-12/h1-9,15-16H,10-11H2. The molecule has 2 nitrogen and oxygen atoms in total. The number of hydrogen-bond donors (Lipinski definition) is 2. The molecule has 0 aliphatic heterocycles. The summed E-state index contributed by atoms with van der Waals surface area (Å²) in [4.78, 5) is 18.2. The molecule has 0 fully saturated rings. The third-order valence-electron chi connectivity index (χ3n) is 2.67. The van der Waals surface area contributed by atoms with Crippen molar-refractivity contribution in [1.29, 1.82) is 0 Å². The minimum Gasteiger partial charge on any atom is -0.350 e. The molecule has 0 spiro atoms. The van der Waals surface area contributed by atoms with Gasteiger partial charge in [-0.2, -0.15) is 0 Å². The van der Waals surface area contributed by atoms with Crippen LogP contribution in [0.3, 0.4) is 0 Å². The molecule has 3 heteroatoms.